The van der Waals surface area contributed by atoms with Crippen LogP contribution in [0, 0.1) is 5.92 Å². The van der Waals surface area contributed by atoms with E-state index < -0.39 is 0 Å². The minimum absolute atomic E-state index is 0.0405. The summed E-state index contributed by atoms with van der Waals surface area (Å²) in [7, 11) is 1.88. The molecule has 1 saturated heterocycles. The number of aryl methyl sites for hydroxylation is 1. The molecule has 1 aromatic heterocycles. The smallest absolute Gasteiger partial charge is 0.0906 e. The zero-order valence-corrected chi connectivity index (χ0v) is 7.68. The molecule has 0 aliphatic carbocycles. The number of aliphatic hydroxyl groups is 1. The molecule has 0 saturated carbocycles. The average molecular weight is 182 g/mol. The highest BCUT2D eigenvalue weighted by molar-refractivity contribution is 5.10. The Balaban J connectivity index is 2.15. The highest BCUT2D eigenvalue weighted by Crippen LogP contribution is 2.33. The summed E-state index contributed by atoms with van der Waals surface area (Å²) in [5.41, 5.74) is 1.07. The fraction of sp³-hybridized carbons (Fsp3) is 0.667. The third-order valence-corrected chi connectivity index (χ3v) is 2.50. The highest BCUT2D eigenvalue weighted by atomic mass is 16.5. The molecule has 0 unspecified atom stereocenters. The maximum atomic E-state index is 9.10. The summed E-state index contributed by atoms with van der Waals surface area (Å²) in [5.74, 6) is 0.240. The molecule has 0 spiro atoms. The Morgan fingerprint density at radius 2 is 2.62 bits per heavy atom. The Labute approximate surface area is 77.1 Å². The van der Waals surface area contributed by atoms with Gasteiger partial charge < -0.3 is 9.84 Å². The Morgan fingerprint density at radius 3 is 3.23 bits per heavy atom. The monoisotopic (exact) mass is 182 g/mol. The van der Waals surface area contributed by atoms with E-state index in [0.29, 0.717) is 0 Å². The molecule has 2 atom stereocenters. The van der Waals surface area contributed by atoms with Gasteiger partial charge in [0.2, 0.25) is 0 Å². The summed E-state index contributed by atoms with van der Waals surface area (Å²) in [4.78, 5) is 0. The number of aliphatic hydroxyl groups excluding tert-OH is 1. The molecule has 4 nitrogen and oxygen atoms in total. The standard InChI is InChI=1S/C9H14N2O2/c1-11-5-8(4-10-11)9-7(6-12)2-3-13-9/h4-5,7,9,12H,2-3,6H2,1H3/t7-,9-/m0/s1. The van der Waals surface area contributed by atoms with Gasteiger partial charge in [0.1, 0.15) is 0 Å². The van der Waals surface area contributed by atoms with E-state index in [1.54, 1.807) is 10.9 Å². The molecular formula is C9H14N2O2. The maximum absolute atomic E-state index is 9.10. The number of aromatic nitrogens is 2. The van der Waals surface area contributed by atoms with Crippen molar-refractivity contribution in [2.24, 2.45) is 13.0 Å². The predicted molar refractivity (Wildman–Crippen MR) is 47.1 cm³/mol. The topological polar surface area (TPSA) is 47.3 Å². The van der Waals surface area contributed by atoms with Gasteiger partial charge in [-0.3, -0.25) is 4.68 Å². The Morgan fingerprint density at radius 1 is 1.77 bits per heavy atom. The first kappa shape index (κ1) is 8.72. The predicted octanol–water partition coefficient (Wildman–Crippen LogP) is 0.490. The fourth-order valence-corrected chi connectivity index (χ4v) is 1.78. The molecule has 2 rings (SSSR count). The van der Waals surface area contributed by atoms with Crippen molar-refractivity contribution in [3.05, 3.63) is 18.0 Å². The number of hydrogen-bond donors (Lipinski definition) is 1. The van der Waals surface area contributed by atoms with E-state index in [9.17, 15) is 0 Å². The summed E-state index contributed by atoms with van der Waals surface area (Å²) in [6.45, 7) is 0.935. The second-order valence-corrected chi connectivity index (χ2v) is 3.47. The summed E-state index contributed by atoms with van der Waals surface area (Å²) in [6.07, 6.45) is 4.73. The van der Waals surface area contributed by atoms with Crippen molar-refractivity contribution < 1.29 is 9.84 Å². The van der Waals surface area contributed by atoms with Gasteiger partial charge >= 0.3 is 0 Å². The quantitative estimate of drug-likeness (QED) is 0.724. The van der Waals surface area contributed by atoms with Crippen molar-refractivity contribution >= 4 is 0 Å². The molecule has 0 aromatic carbocycles. The molecule has 1 aliphatic rings. The molecule has 0 amide bonds. The van der Waals surface area contributed by atoms with Gasteiger partial charge in [-0.05, 0) is 6.42 Å². The zero-order valence-electron chi connectivity index (χ0n) is 7.68. The van der Waals surface area contributed by atoms with E-state index in [1.165, 1.54) is 0 Å². The van der Waals surface area contributed by atoms with E-state index in [-0.39, 0.29) is 18.6 Å². The second kappa shape index (κ2) is 3.47. The normalized spacial score (nSPS) is 28.2. The van der Waals surface area contributed by atoms with E-state index in [4.69, 9.17) is 9.84 Å². The van der Waals surface area contributed by atoms with Gasteiger partial charge in [0.25, 0.3) is 0 Å². The minimum atomic E-state index is 0.0405. The SMILES string of the molecule is Cn1cc([C@H]2OCC[C@H]2CO)cn1. The molecule has 0 radical (unpaired) electrons. The van der Waals surface area contributed by atoms with Crippen LogP contribution in [0.25, 0.3) is 0 Å². The molecule has 1 aliphatic heterocycles. The number of hydrogen-bond acceptors (Lipinski definition) is 3. The van der Waals surface area contributed by atoms with Gasteiger partial charge in [-0.25, -0.2) is 0 Å². The van der Waals surface area contributed by atoms with Crippen molar-refractivity contribution in [3.63, 3.8) is 0 Å². The summed E-state index contributed by atoms with van der Waals surface area (Å²) in [6, 6.07) is 0. The van der Waals surface area contributed by atoms with Crippen LogP contribution in [0.5, 0.6) is 0 Å². The van der Waals surface area contributed by atoms with Crippen LogP contribution in [0.1, 0.15) is 18.1 Å². The zero-order chi connectivity index (χ0) is 9.26. The lowest BCUT2D eigenvalue weighted by Crippen LogP contribution is -2.10. The van der Waals surface area contributed by atoms with Crippen molar-refractivity contribution in [3.8, 4) is 0 Å². The van der Waals surface area contributed by atoms with Gasteiger partial charge in [0.05, 0.1) is 12.3 Å². The lowest BCUT2D eigenvalue weighted by atomic mass is 9.99. The van der Waals surface area contributed by atoms with Crippen LogP contribution in [-0.2, 0) is 11.8 Å². The van der Waals surface area contributed by atoms with Crippen LogP contribution in [-0.4, -0.2) is 28.1 Å². The molecule has 1 fully saturated rings. The van der Waals surface area contributed by atoms with E-state index in [2.05, 4.69) is 5.10 Å². The molecule has 13 heavy (non-hydrogen) atoms. The second-order valence-electron chi connectivity index (χ2n) is 3.47. The van der Waals surface area contributed by atoms with E-state index in [0.717, 1.165) is 18.6 Å². The first-order valence-electron chi connectivity index (χ1n) is 4.52. The summed E-state index contributed by atoms with van der Waals surface area (Å²) < 4.78 is 7.30. The first-order chi connectivity index (χ1) is 6.31. The van der Waals surface area contributed by atoms with Crippen LogP contribution in [0.3, 0.4) is 0 Å². The molecule has 1 aromatic rings. The molecule has 0 bridgehead atoms. The minimum Gasteiger partial charge on any atom is -0.396 e. The lowest BCUT2D eigenvalue weighted by molar-refractivity contribution is 0.0720. The summed E-state index contributed by atoms with van der Waals surface area (Å²) in [5, 5.41) is 13.2. The van der Waals surface area contributed by atoms with E-state index in [1.807, 2.05) is 13.2 Å². The Kier molecular flexibility index (Phi) is 2.33. The van der Waals surface area contributed by atoms with Gasteiger partial charge in [-0.2, -0.15) is 5.10 Å². The van der Waals surface area contributed by atoms with Crippen molar-refractivity contribution in [2.75, 3.05) is 13.2 Å². The molecular weight excluding hydrogens is 168 g/mol. The van der Waals surface area contributed by atoms with Gasteiger partial charge in [-0.1, -0.05) is 0 Å². The largest absolute Gasteiger partial charge is 0.396 e. The van der Waals surface area contributed by atoms with Crippen LogP contribution < -0.4 is 0 Å². The number of nitrogens with zero attached hydrogens (tertiary/aromatic N) is 2. The van der Waals surface area contributed by atoms with Crippen molar-refractivity contribution in [1.82, 2.24) is 9.78 Å². The Bertz CT molecular complexity index is 285. The van der Waals surface area contributed by atoms with Crippen molar-refractivity contribution in [2.45, 2.75) is 12.5 Å². The van der Waals surface area contributed by atoms with Gasteiger partial charge in [0, 0.05) is 37.9 Å². The van der Waals surface area contributed by atoms with Crippen LogP contribution in [0.2, 0.25) is 0 Å². The molecule has 4 heteroatoms. The van der Waals surface area contributed by atoms with Crippen LogP contribution in [0.15, 0.2) is 12.4 Å². The van der Waals surface area contributed by atoms with Crippen LogP contribution in [0.4, 0.5) is 0 Å². The third kappa shape index (κ3) is 1.59. The average Bonchev–Trinajstić information content (AvgIpc) is 2.71. The molecule has 72 valence electrons. The lowest BCUT2D eigenvalue weighted by Gasteiger charge is -2.13. The van der Waals surface area contributed by atoms with Gasteiger partial charge in [0.15, 0.2) is 0 Å². The maximum Gasteiger partial charge on any atom is 0.0906 e. The molecule has 1 N–H and O–H groups in total. The number of rotatable bonds is 2. The van der Waals surface area contributed by atoms with E-state index >= 15 is 0 Å². The highest BCUT2D eigenvalue weighted by Gasteiger charge is 2.29. The summed E-state index contributed by atoms with van der Waals surface area (Å²) >= 11 is 0. The van der Waals surface area contributed by atoms with Crippen LogP contribution >= 0.6 is 0 Å². The van der Waals surface area contributed by atoms with Gasteiger partial charge in [-0.15, -0.1) is 0 Å². The fourth-order valence-electron chi connectivity index (χ4n) is 1.78. The number of ether oxygens (including phenoxy) is 1. The molecule has 2 heterocycles. The Hall–Kier alpha value is -0.870. The third-order valence-electron chi connectivity index (χ3n) is 2.50. The van der Waals surface area contributed by atoms with Crippen molar-refractivity contribution in [1.29, 1.82) is 0 Å². The first-order valence-corrected chi connectivity index (χ1v) is 4.52.